The minimum atomic E-state index is -3.80. The topological polar surface area (TPSA) is 84.3 Å². The number of sulfonamides is 1. The normalized spacial score (nSPS) is 11.4. The van der Waals surface area contributed by atoms with E-state index in [0.717, 1.165) is 16.8 Å². The van der Waals surface area contributed by atoms with E-state index < -0.39 is 10.0 Å². The molecule has 35 heavy (non-hydrogen) atoms. The Labute approximate surface area is 206 Å². The molecule has 0 unspecified atom stereocenters. The minimum Gasteiger partial charge on any atom is -0.339 e. The number of rotatable bonds is 9. The number of para-hydroxylation sites is 1. The standard InChI is InChI=1S/C27H28N4O3S/c1-3-30(4-2)27(32)22-15-17-25(18-16-22)35(33,34)28-19-23-20-31(24-13-9-6-10-14-24)29-26(23)21-11-7-5-8-12-21/h5-18,20,28H,3-4,19H2,1-2H3. The van der Waals surface area contributed by atoms with Gasteiger partial charge < -0.3 is 4.90 Å². The van der Waals surface area contributed by atoms with Crippen molar-refractivity contribution in [1.29, 1.82) is 0 Å². The summed E-state index contributed by atoms with van der Waals surface area (Å²) < 4.78 is 30.5. The minimum absolute atomic E-state index is 0.0690. The van der Waals surface area contributed by atoms with E-state index in [1.807, 2.05) is 80.7 Å². The average Bonchev–Trinajstić information content (AvgIpc) is 3.34. The maximum absolute atomic E-state index is 13.0. The first-order chi connectivity index (χ1) is 16.9. The zero-order valence-electron chi connectivity index (χ0n) is 19.8. The second-order valence-corrected chi connectivity index (χ2v) is 9.74. The van der Waals surface area contributed by atoms with Gasteiger partial charge in [0, 0.05) is 42.5 Å². The molecule has 0 saturated carbocycles. The average molecular weight is 489 g/mol. The van der Waals surface area contributed by atoms with Crippen molar-refractivity contribution >= 4 is 15.9 Å². The van der Waals surface area contributed by atoms with Crippen molar-refractivity contribution in [2.24, 2.45) is 0 Å². The Morgan fingerprint density at radius 2 is 1.49 bits per heavy atom. The summed E-state index contributed by atoms with van der Waals surface area (Å²) in [6, 6.07) is 25.4. The summed E-state index contributed by atoms with van der Waals surface area (Å²) in [5.74, 6) is -0.118. The number of hydrogen-bond acceptors (Lipinski definition) is 4. The fourth-order valence-electron chi connectivity index (χ4n) is 3.82. The molecule has 1 amide bonds. The van der Waals surface area contributed by atoms with Crippen LogP contribution in [0.2, 0.25) is 0 Å². The maximum atomic E-state index is 13.0. The van der Waals surface area contributed by atoms with Crippen LogP contribution >= 0.6 is 0 Å². The Hall–Kier alpha value is -3.75. The van der Waals surface area contributed by atoms with Crippen molar-refractivity contribution < 1.29 is 13.2 Å². The number of carbonyl (C=O) groups excluding carboxylic acids is 1. The molecule has 1 aromatic heterocycles. The Morgan fingerprint density at radius 3 is 2.09 bits per heavy atom. The van der Waals surface area contributed by atoms with E-state index in [0.29, 0.717) is 24.3 Å². The lowest BCUT2D eigenvalue weighted by atomic mass is 10.1. The van der Waals surface area contributed by atoms with E-state index in [4.69, 9.17) is 5.10 Å². The van der Waals surface area contributed by atoms with Crippen LogP contribution in [-0.2, 0) is 16.6 Å². The smallest absolute Gasteiger partial charge is 0.253 e. The van der Waals surface area contributed by atoms with Crippen LogP contribution in [0.5, 0.6) is 0 Å². The molecule has 0 spiro atoms. The molecule has 7 nitrogen and oxygen atoms in total. The summed E-state index contributed by atoms with van der Waals surface area (Å²) in [5, 5.41) is 4.73. The lowest BCUT2D eigenvalue weighted by Gasteiger charge is -2.18. The van der Waals surface area contributed by atoms with Crippen LogP contribution in [0.1, 0.15) is 29.8 Å². The van der Waals surface area contributed by atoms with Crippen molar-refractivity contribution in [3.63, 3.8) is 0 Å². The van der Waals surface area contributed by atoms with Crippen LogP contribution in [0.4, 0.5) is 0 Å². The van der Waals surface area contributed by atoms with Gasteiger partial charge in [0.15, 0.2) is 0 Å². The number of nitrogens with zero attached hydrogens (tertiary/aromatic N) is 3. The highest BCUT2D eigenvalue weighted by Gasteiger charge is 2.19. The molecule has 0 fully saturated rings. The highest BCUT2D eigenvalue weighted by molar-refractivity contribution is 7.89. The molecule has 0 aliphatic carbocycles. The molecule has 0 bridgehead atoms. The van der Waals surface area contributed by atoms with Gasteiger partial charge in [0.1, 0.15) is 0 Å². The van der Waals surface area contributed by atoms with Crippen LogP contribution < -0.4 is 4.72 Å². The van der Waals surface area contributed by atoms with Crippen LogP contribution in [-0.4, -0.2) is 42.1 Å². The molecule has 0 radical (unpaired) electrons. The molecule has 180 valence electrons. The van der Waals surface area contributed by atoms with Crippen LogP contribution in [0.25, 0.3) is 16.9 Å². The van der Waals surface area contributed by atoms with E-state index in [1.54, 1.807) is 21.7 Å². The summed E-state index contributed by atoms with van der Waals surface area (Å²) in [6.45, 7) is 5.08. The summed E-state index contributed by atoms with van der Waals surface area (Å²) >= 11 is 0. The molecule has 0 atom stereocenters. The van der Waals surface area contributed by atoms with Gasteiger partial charge in [0.25, 0.3) is 5.91 Å². The number of amides is 1. The largest absolute Gasteiger partial charge is 0.339 e. The molecule has 4 aromatic rings. The highest BCUT2D eigenvalue weighted by Crippen LogP contribution is 2.24. The number of hydrogen-bond donors (Lipinski definition) is 1. The van der Waals surface area contributed by atoms with Crippen molar-refractivity contribution in [2.45, 2.75) is 25.3 Å². The molecule has 1 N–H and O–H groups in total. The van der Waals surface area contributed by atoms with Gasteiger partial charge >= 0.3 is 0 Å². The summed E-state index contributed by atoms with van der Waals surface area (Å²) in [6.07, 6.45) is 1.84. The van der Waals surface area contributed by atoms with Crippen molar-refractivity contribution in [2.75, 3.05) is 13.1 Å². The van der Waals surface area contributed by atoms with E-state index in [1.165, 1.54) is 12.1 Å². The number of carbonyl (C=O) groups is 1. The summed E-state index contributed by atoms with van der Waals surface area (Å²) in [7, 11) is -3.80. The van der Waals surface area contributed by atoms with Crippen molar-refractivity contribution in [1.82, 2.24) is 19.4 Å². The SMILES string of the molecule is CCN(CC)C(=O)c1ccc(S(=O)(=O)NCc2cn(-c3ccccc3)nc2-c2ccccc2)cc1. The van der Waals surface area contributed by atoms with Gasteiger partial charge in [-0.25, -0.2) is 17.8 Å². The lowest BCUT2D eigenvalue weighted by Crippen LogP contribution is -2.30. The molecule has 4 rings (SSSR count). The zero-order chi connectivity index (χ0) is 24.8. The number of benzene rings is 3. The van der Waals surface area contributed by atoms with E-state index in [2.05, 4.69) is 4.72 Å². The monoisotopic (exact) mass is 488 g/mol. The Kier molecular flexibility index (Phi) is 7.43. The quantitative estimate of drug-likeness (QED) is 0.376. The van der Waals surface area contributed by atoms with Crippen LogP contribution in [0, 0.1) is 0 Å². The first kappa shape index (κ1) is 24.4. The van der Waals surface area contributed by atoms with Gasteiger partial charge in [0.05, 0.1) is 16.3 Å². The molecule has 1 heterocycles. The van der Waals surface area contributed by atoms with Crippen LogP contribution in [0.15, 0.2) is 96.0 Å². The maximum Gasteiger partial charge on any atom is 0.253 e. The summed E-state index contributed by atoms with van der Waals surface area (Å²) in [4.78, 5) is 14.3. The molecule has 0 saturated heterocycles. The molecule has 0 aliphatic heterocycles. The molecule has 3 aromatic carbocycles. The Morgan fingerprint density at radius 1 is 0.886 bits per heavy atom. The Balaban J connectivity index is 1.57. The molecule has 0 aliphatic rings. The third-order valence-electron chi connectivity index (χ3n) is 5.77. The highest BCUT2D eigenvalue weighted by atomic mass is 32.2. The van der Waals surface area contributed by atoms with Gasteiger partial charge in [-0.2, -0.15) is 5.10 Å². The van der Waals surface area contributed by atoms with Crippen LogP contribution in [0.3, 0.4) is 0 Å². The first-order valence-electron chi connectivity index (χ1n) is 11.5. The van der Waals surface area contributed by atoms with E-state index >= 15 is 0 Å². The fraction of sp³-hybridized carbons (Fsp3) is 0.185. The van der Waals surface area contributed by atoms with Crippen molar-refractivity contribution in [3.05, 3.63) is 102 Å². The first-order valence-corrected chi connectivity index (χ1v) is 13.0. The molecular formula is C27H28N4O3S. The van der Waals surface area contributed by atoms with Gasteiger partial charge in [-0.15, -0.1) is 0 Å². The third-order valence-corrected chi connectivity index (χ3v) is 7.19. The van der Waals surface area contributed by atoms with E-state index in [-0.39, 0.29) is 17.3 Å². The predicted octanol–water partition coefficient (Wildman–Crippen LogP) is 4.50. The lowest BCUT2D eigenvalue weighted by molar-refractivity contribution is 0.0773. The second-order valence-electron chi connectivity index (χ2n) is 7.98. The van der Waals surface area contributed by atoms with E-state index in [9.17, 15) is 13.2 Å². The third kappa shape index (κ3) is 5.50. The summed E-state index contributed by atoms with van der Waals surface area (Å²) in [5.41, 5.74) is 3.69. The zero-order valence-corrected chi connectivity index (χ0v) is 20.6. The Bertz CT molecular complexity index is 1380. The number of aromatic nitrogens is 2. The van der Waals surface area contributed by atoms with Gasteiger partial charge in [-0.3, -0.25) is 4.79 Å². The van der Waals surface area contributed by atoms with Gasteiger partial charge in [-0.1, -0.05) is 48.5 Å². The fourth-order valence-corrected chi connectivity index (χ4v) is 4.82. The molecular weight excluding hydrogens is 460 g/mol. The molecule has 8 heteroatoms. The van der Waals surface area contributed by atoms with Crippen molar-refractivity contribution in [3.8, 4) is 16.9 Å². The van der Waals surface area contributed by atoms with Gasteiger partial charge in [-0.05, 0) is 50.2 Å². The second kappa shape index (κ2) is 10.7. The number of nitrogens with one attached hydrogen (secondary N) is 1. The van der Waals surface area contributed by atoms with Gasteiger partial charge in [0.2, 0.25) is 10.0 Å². The predicted molar refractivity (Wildman–Crippen MR) is 137 cm³/mol.